The second kappa shape index (κ2) is 8.12. The first-order chi connectivity index (χ1) is 14.1. The van der Waals surface area contributed by atoms with Crippen molar-refractivity contribution in [3.8, 4) is 0 Å². The number of hydrogen-bond acceptors (Lipinski definition) is 6. The largest absolute Gasteiger partial charge is 0.367 e. The summed E-state index contributed by atoms with van der Waals surface area (Å²) in [5, 5.41) is 13.3. The van der Waals surface area contributed by atoms with Crippen LogP contribution in [0.4, 0.5) is 5.82 Å². The van der Waals surface area contributed by atoms with Crippen molar-refractivity contribution in [1.82, 2.24) is 30.0 Å². The van der Waals surface area contributed by atoms with E-state index in [1.807, 2.05) is 30.5 Å². The van der Waals surface area contributed by atoms with Crippen LogP contribution in [0.15, 0.2) is 41.8 Å². The quantitative estimate of drug-likeness (QED) is 0.320. The van der Waals surface area contributed by atoms with Gasteiger partial charge in [0, 0.05) is 29.7 Å². The van der Waals surface area contributed by atoms with E-state index in [-0.39, 0.29) is 11.9 Å². The number of H-pyrrole nitrogens is 1. The molecule has 4 rings (SSSR count). The maximum Gasteiger partial charge on any atom is 0.253 e. The Bertz CT molecular complexity index is 1160. The molecule has 0 saturated heterocycles. The number of aromatic nitrogens is 5. The number of benzene rings is 1. The van der Waals surface area contributed by atoms with Gasteiger partial charge in [-0.2, -0.15) is 5.10 Å². The van der Waals surface area contributed by atoms with E-state index in [1.54, 1.807) is 17.1 Å². The number of thioether (sulfide) groups is 1. The highest BCUT2D eigenvalue weighted by atomic mass is 32.2. The fourth-order valence-corrected chi connectivity index (χ4v) is 3.56. The number of nitrogens with one attached hydrogen (secondary N) is 3. The lowest BCUT2D eigenvalue weighted by Gasteiger charge is -2.11. The molecular formula is C20H23N7OS. The topological polar surface area (TPSA) is 101 Å². The van der Waals surface area contributed by atoms with Crippen molar-refractivity contribution in [3.05, 3.63) is 42.2 Å². The Morgan fingerprint density at radius 3 is 2.86 bits per heavy atom. The van der Waals surface area contributed by atoms with Crippen LogP contribution >= 0.6 is 11.8 Å². The molecule has 0 aliphatic rings. The Morgan fingerprint density at radius 1 is 1.24 bits per heavy atom. The van der Waals surface area contributed by atoms with E-state index >= 15 is 0 Å². The molecule has 3 N–H and O–H groups in total. The molecule has 0 unspecified atom stereocenters. The van der Waals surface area contributed by atoms with Crippen LogP contribution in [0.2, 0.25) is 0 Å². The Morgan fingerprint density at radius 2 is 2.07 bits per heavy atom. The highest BCUT2D eigenvalue weighted by Crippen LogP contribution is 2.24. The molecule has 0 atom stereocenters. The van der Waals surface area contributed by atoms with E-state index in [1.165, 1.54) is 11.8 Å². The molecule has 1 amide bonds. The summed E-state index contributed by atoms with van der Waals surface area (Å²) in [7, 11) is 0. The Balaban J connectivity index is 1.50. The van der Waals surface area contributed by atoms with Crippen LogP contribution in [0.3, 0.4) is 0 Å². The third kappa shape index (κ3) is 3.91. The molecule has 150 valence electrons. The van der Waals surface area contributed by atoms with Gasteiger partial charge in [-0.15, -0.1) is 0 Å². The summed E-state index contributed by atoms with van der Waals surface area (Å²) < 4.78 is 1.80. The van der Waals surface area contributed by atoms with Crippen molar-refractivity contribution in [2.45, 2.75) is 31.6 Å². The maximum atomic E-state index is 12.6. The summed E-state index contributed by atoms with van der Waals surface area (Å²) in [5.41, 5.74) is 2.34. The fraction of sp³-hybridized carbons (Fsp3) is 0.300. The number of amides is 1. The van der Waals surface area contributed by atoms with E-state index in [4.69, 9.17) is 0 Å². The van der Waals surface area contributed by atoms with Gasteiger partial charge in [0.15, 0.2) is 10.8 Å². The lowest BCUT2D eigenvalue weighted by Crippen LogP contribution is -2.27. The zero-order valence-electron chi connectivity index (χ0n) is 16.6. The van der Waals surface area contributed by atoms with Crippen molar-refractivity contribution in [3.63, 3.8) is 0 Å². The van der Waals surface area contributed by atoms with E-state index < -0.39 is 0 Å². The van der Waals surface area contributed by atoms with Crippen molar-refractivity contribution in [2.75, 3.05) is 18.1 Å². The predicted octanol–water partition coefficient (Wildman–Crippen LogP) is 3.28. The van der Waals surface area contributed by atoms with Crippen LogP contribution in [0.25, 0.3) is 21.9 Å². The van der Waals surface area contributed by atoms with Crippen LogP contribution in [0.1, 0.15) is 24.2 Å². The van der Waals surface area contributed by atoms with E-state index in [9.17, 15) is 4.79 Å². The summed E-state index contributed by atoms with van der Waals surface area (Å²) >= 11 is 1.49. The third-order valence-corrected chi connectivity index (χ3v) is 5.07. The van der Waals surface area contributed by atoms with Crippen molar-refractivity contribution < 1.29 is 4.79 Å². The van der Waals surface area contributed by atoms with Crippen LogP contribution in [0, 0.1) is 0 Å². The smallest absolute Gasteiger partial charge is 0.253 e. The predicted molar refractivity (Wildman–Crippen MR) is 116 cm³/mol. The fourth-order valence-electron chi connectivity index (χ4n) is 3.20. The number of fused-ring (bicyclic) bond motifs is 2. The summed E-state index contributed by atoms with van der Waals surface area (Å²) in [6.45, 7) is 5.10. The van der Waals surface area contributed by atoms with Crippen molar-refractivity contribution in [1.29, 1.82) is 0 Å². The lowest BCUT2D eigenvalue weighted by atomic mass is 10.1. The maximum absolute atomic E-state index is 12.6. The first kappa shape index (κ1) is 19.3. The lowest BCUT2D eigenvalue weighted by molar-refractivity contribution is 0.0953. The molecule has 3 aromatic heterocycles. The summed E-state index contributed by atoms with van der Waals surface area (Å²) in [4.78, 5) is 24.9. The zero-order valence-corrected chi connectivity index (χ0v) is 17.4. The van der Waals surface area contributed by atoms with E-state index in [0.717, 1.165) is 27.8 Å². The molecule has 8 nitrogen and oxygen atoms in total. The van der Waals surface area contributed by atoms with Crippen LogP contribution in [-0.2, 0) is 6.54 Å². The average molecular weight is 410 g/mol. The molecule has 0 spiro atoms. The second-order valence-electron chi connectivity index (χ2n) is 6.97. The number of anilines is 1. The van der Waals surface area contributed by atoms with Gasteiger partial charge in [-0.1, -0.05) is 30.0 Å². The number of hydrogen-bond donors (Lipinski definition) is 3. The number of aromatic amines is 1. The SMILES string of the molecule is CSc1nc(NC(C)C)c2cnn(CCNC(=O)c3c[nH]c4ccccc34)c2n1. The minimum absolute atomic E-state index is 0.111. The highest BCUT2D eigenvalue weighted by Gasteiger charge is 2.15. The zero-order chi connectivity index (χ0) is 20.4. The van der Waals surface area contributed by atoms with Gasteiger partial charge >= 0.3 is 0 Å². The van der Waals surface area contributed by atoms with Gasteiger partial charge in [-0.3, -0.25) is 4.79 Å². The van der Waals surface area contributed by atoms with Crippen molar-refractivity contribution >= 4 is 45.4 Å². The molecule has 0 saturated carbocycles. The normalized spacial score (nSPS) is 11.4. The molecule has 29 heavy (non-hydrogen) atoms. The minimum atomic E-state index is -0.111. The first-order valence-electron chi connectivity index (χ1n) is 9.45. The molecule has 0 aliphatic carbocycles. The molecule has 9 heteroatoms. The van der Waals surface area contributed by atoms with Gasteiger partial charge in [0.25, 0.3) is 5.91 Å². The number of nitrogens with zero attached hydrogens (tertiary/aromatic N) is 4. The number of rotatable bonds is 7. The van der Waals surface area contributed by atoms with Crippen LogP contribution < -0.4 is 10.6 Å². The molecule has 0 radical (unpaired) electrons. The summed E-state index contributed by atoms with van der Waals surface area (Å²) in [6.07, 6.45) is 5.46. The van der Waals surface area contributed by atoms with Gasteiger partial charge in [0.2, 0.25) is 0 Å². The monoisotopic (exact) mass is 409 g/mol. The Hall–Kier alpha value is -3.07. The van der Waals surface area contributed by atoms with Gasteiger partial charge < -0.3 is 15.6 Å². The second-order valence-corrected chi connectivity index (χ2v) is 7.74. The van der Waals surface area contributed by atoms with Crippen molar-refractivity contribution in [2.24, 2.45) is 0 Å². The van der Waals surface area contributed by atoms with Gasteiger partial charge in [-0.25, -0.2) is 14.6 Å². The third-order valence-electron chi connectivity index (χ3n) is 4.53. The van der Waals surface area contributed by atoms with Gasteiger partial charge in [0.1, 0.15) is 5.82 Å². The molecule has 0 bridgehead atoms. The van der Waals surface area contributed by atoms with Crippen LogP contribution in [-0.4, -0.2) is 49.5 Å². The summed E-state index contributed by atoms with van der Waals surface area (Å²) in [6, 6.07) is 8.01. The standard InChI is InChI=1S/C20H23N7OS/c1-12(2)24-17-15-11-23-27(18(15)26-20(25-17)29-3)9-8-21-19(28)14-10-22-16-7-5-4-6-13(14)16/h4-7,10-12,22H,8-9H2,1-3H3,(H,21,28)(H,24,25,26). The molecule has 0 fully saturated rings. The minimum Gasteiger partial charge on any atom is -0.367 e. The first-order valence-corrected chi connectivity index (χ1v) is 10.7. The number of para-hydroxylation sites is 1. The Labute approximate surface area is 172 Å². The average Bonchev–Trinajstić information content (AvgIpc) is 3.32. The highest BCUT2D eigenvalue weighted by molar-refractivity contribution is 7.98. The molecular weight excluding hydrogens is 386 g/mol. The number of carbonyl (C=O) groups excluding carboxylic acids is 1. The van der Waals surface area contributed by atoms with Crippen LogP contribution in [0.5, 0.6) is 0 Å². The van der Waals surface area contributed by atoms with E-state index in [2.05, 4.69) is 44.5 Å². The number of carbonyl (C=O) groups is 1. The Kier molecular flexibility index (Phi) is 5.39. The molecule has 3 heterocycles. The molecule has 1 aromatic carbocycles. The van der Waals surface area contributed by atoms with Gasteiger partial charge in [0.05, 0.1) is 23.7 Å². The molecule has 0 aliphatic heterocycles. The van der Waals surface area contributed by atoms with E-state index in [0.29, 0.717) is 23.8 Å². The van der Waals surface area contributed by atoms with Gasteiger partial charge in [-0.05, 0) is 26.2 Å². The summed E-state index contributed by atoms with van der Waals surface area (Å²) in [5.74, 6) is 0.670. The molecule has 4 aromatic rings.